The van der Waals surface area contributed by atoms with Crippen LogP contribution in [-0.2, 0) is 12.7 Å². The highest BCUT2D eigenvalue weighted by molar-refractivity contribution is 6.09. The Labute approximate surface area is 164 Å². The molecule has 0 radical (unpaired) electrons. The predicted molar refractivity (Wildman–Crippen MR) is 102 cm³/mol. The van der Waals surface area contributed by atoms with Crippen molar-refractivity contribution in [1.82, 2.24) is 4.57 Å². The maximum Gasteiger partial charge on any atom is 0.416 e. The SMILES string of the molecule is CCn1cc(NC(=O)c2ccccc2-c2ccc(C(F)(F)F)cc2)cc1C(=O)O. The predicted octanol–water partition coefficient (Wildman–Crippen LogP) is 5.14. The van der Waals surface area contributed by atoms with Gasteiger partial charge in [0, 0.05) is 18.3 Å². The molecule has 0 saturated carbocycles. The van der Waals surface area contributed by atoms with Crippen LogP contribution in [0.1, 0.15) is 33.3 Å². The van der Waals surface area contributed by atoms with Crippen molar-refractivity contribution in [3.05, 3.63) is 77.6 Å². The number of hydrogen-bond acceptors (Lipinski definition) is 2. The summed E-state index contributed by atoms with van der Waals surface area (Å²) in [6.07, 6.45) is -2.92. The highest BCUT2D eigenvalue weighted by atomic mass is 19.4. The fraction of sp³-hybridized carbons (Fsp3) is 0.143. The summed E-state index contributed by atoms with van der Waals surface area (Å²) in [5.74, 6) is -1.61. The summed E-state index contributed by atoms with van der Waals surface area (Å²) >= 11 is 0. The maximum atomic E-state index is 12.8. The number of amides is 1. The van der Waals surface area contributed by atoms with E-state index in [4.69, 9.17) is 0 Å². The van der Waals surface area contributed by atoms with E-state index < -0.39 is 23.6 Å². The summed E-state index contributed by atoms with van der Waals surface area (Å²) in [5.41, 5.74) is 0.766. The number of halogens is 3. The number of aromatic nitrogens is 1. The Morgan fingerprint density at radius 3 is 2.28 bits per heavy atom. The normalized spacial score (nSPS) is 11.3. The summed E-state index contributed by atoms with van der Waals surface area (Å²) in [5, 5.41) is 11.9. The third kappa shape index (κ3) is 4.31. The van der Waals surface area contributed by atoms with Gasteiger partial charge in [-0.15, -0.1) is 0 Å². The van der Waals surface area contributed by atoms with Crippen molar-refractivity contribution in [1.29, 1.82) is 0 Å². The molecule has 0 saturated heterocycles. The van der Waals surface area contributed by atoms with Crippen LogP contribution in [0.25, 0.3) is 11.1 Å². The van der Waals surface area contributed by atoms with Gasteiger partial charge in [-0.1, -0.05) is 30.3 Å². The number of carbonyl (C=O) groups is 2. The van der Waals surface area contributed by atoms with Gasteiger partial charge in [-0.05, 0) is 42.3 Å². The Bertz CT molecular complexity index is 1050. The van der Waals surface area contributed by atoms with E-state index in [9.17, 15) is 27.9 Å². The molecule has 0 atom stereocenters. The molecule has 0 fully saturated rings. The smallest absolute Gasteiger partial charge is 0.416 e. The van der Waals surface area contributed by atoms with Gasteiger partial charge >= 0.3 is 12.1 Å². The van der Waals surface area contributed by atoms with Gasteiger partial charge in [0.15, 0.2) is 0 Å². The second kappa shape index (κ2) is 7.83. The number of alkyl halides is 3. The minimum absolute atomic E-state index is 0.0406. The molecule has 2 N–H and O–H groups in total. The molecule has 0 spiro atoms. The molecule has 0 unspecified atom stereocenters. The van der Waals surface area contributed by atoms with Crippen molar-refractivity contribution in [3.63, 3.8) is 0 Å². The van der Waals surface area contributed by atoms with Crippen LogP contribution in [-0.4, -0.2) is 21.6 Å². The largest absolute Gasteiger partial charge is 0.477 e. The Morgan fingerprint density at radius 1 is 1.07 bits per heavy atom. The monoisotopic (exact) mass is 402 g/mol. The number of hydrogen-bond donors (Lipinski definition) is 2. The third-order valence-electron chi connectivity index (χ3n) is 4.41. The molecule has 0 bridgehead atoms. The van der Waals surface area contributed by atoms with Crippen LogP contribution in [0.5, 0.6) is 0 Å². The molecular formula is C21H17F3N2O3. The topological polar surface area (TPSA) is 71.3 Å². The molecule has 0 aliphatic carbocycles. The minimum Gasteiger partial charge on any atom is -0.477 e. The van der Waals surface area contributed by atoms with Crippen molar-refractivity contribution >= 4 is 17.6 Å². The molecule has 150 valence electrons. The number of nitrogens with zero attached hydrogens (tertiary/aromatic N) is 1. The zero-order valence-electron chi connectivity index (χ0n) is 15.3. The van der Waals surface area contributed by atoms with Gasteiger partial charge in [-0.3, -0.25) is 4.79 Å². The summed E-state index contributed by atoms with van der Waals surface area (Å²) in [6, 6.07) is 12.4. The molecule has 3 aromatic rings. The Hall–Kier alpha value is -3.55. The first-order valence-electron chi connectivity index (χ1n) is 8.72. The van der Waals surface area contributed by atoms with Crippen LogP contribution < -0.4 is 5.32 Å². The Kier molecular flexibility index (Phi) is 5.45. The molecule has 0 aliphatic rings. The highest BCUT2D eigenvalue weighted by Crippen LogP contribution is 2.32. The lowest BCUT2D eigenvalue weighted by molar-refractivity contribution is -0.137. The molecule has 1 amide bonds. The first-order valence-corrected chi connectivity index (χ1v) is 8.72. The molecule has 2 aromatic carbocycles. The number of aryl methyl sites for hydroxylation is 1. The number of carbonyl (C=O) groups excluding carboxylic acids is 1. The molecule has 0 aliphatic heterocycles. The van der Waals surface area contributed by atoms with Crippen LogP contribution in [0.2, 0.25) is 0 Å². The number of carboxylic acid groups (broad SMARTS) is 1. The minimum atomic E-state index is -4.44. The van der Waals surface area contributed by atoms with Crippen molar-refractivity contribution in [2.75, 3.05) is 5.32 Å². The van der Waals surface area contributed by atoms with Crippen LogP contribution in [0.15, 0.2) is 60.8 Å². The van der Waals surface area contributed by atoms with Crippen molar-refractivity contribution < 1.29 is 27.9 Å². The van der Waals surface area contributed by atoms with Gasteiger partial charge in [-0.25, -0.2) is 4.79 Å². The molecule has 5 nitrogen and oxygen atoms in total. The average Bonchev–Trinajstić information content (AvgIpc) is 3.10. The van der Waals surface area contributed by atoms with E-state index in [1.54, 1.807) is 31.2 Å². The standard InChI is InChI=1S/C21H17F3N2O3/c1-2-26-12-15(11-18(26)20(28)29)25-19(27)17-6-4-3-5-16(17)13-7-9-14(10-8-13)21(22,23)24/h3-12H,2H2,1H3,(H,25,27)(H,28,29). The van der Waals surface area contributed by atoms with Crippen molar-refractivity contribution in [2.45, 2.75) is 19.6 Å². The van der Waals surface area contributed by atoms with E-state index in [1.165, 1.54) is 29.0 Å². The van der Waals surface area contributed by atoms with Crippen LogP contribution in [0, 0.1) is 0 Å². The van der Waals surface area contributed by atoms with E-state index in [1.807, 2.05) is 0 Å². The van der Waals surface area contributed by atoms with Gasteiger partial charge in [0.25, 0.3) is 5.91 Å². The lowest BCUT2D eigenvalue weighted by Crippen LogP contribution is -2.12. The number of rotatable bonds is 5. The Balaban J connectivity index is 1.91. The molecular weight excluding hydrogens is 385 g/mol. The molecule has 1 aromatic heterocycles. The van der Waals surface area contributed by atoms with E-state index in [0.717, 1.165) is 12.1 Å². The van der Waals surface area contributed by atoms with E-state index >= 15 is 0 Å². The average molecular weight is 402 g/mol. The second-order valence-electron chi connectivity index (χ2n) is 6.28. The summed E-state index contributed by atoms with van der Waals surface area (Å²) in [7, 11) is 0. The van der Waals surface area contributed by atoms with Crippen LogP contribution >= 0.6 is 0 Å². The molecule has 1 heterocycles. The molecule has 8 heteroatoms. The fourth-order valence-corrected chi connectivity index (χ4v) is 2.99. The van der Waals surface area contributed by atoms with Crippen LogP contribution in [0.3, 0.4) is 0 Å². The first-order chi connectivity index (χ1) is 13.7. The number of anilines is 1. The Morgan fingerprint density at radius 2 is 1.72 bits per heavy atom. The number of aromatic carboxylic acids is 1. The number of nitrogens with one attached hydrogen (secondary N) is 1. The van der Waals surface area contributed by atoms with Crippen molar-refractivity contribution in [3.8, 4) is 11.1 Å². The molecule has 3 rings (SSSR count). The van der Waals surface area contributed by atoms with E-state index in [-0.39, 0.29) is 11.3 Å². The van der Waals surface area contributed by atoms with E-state index in [2.05, 4.69) is 5.32 Å². The first kappa shape index (κ1) is 20.2. The van der Waals surface area contributed by atoms with Gasteiger partial charge in [0.2, 0.25) is 0 Å². The maximum absolute atomic E-state index is 12.8. The zero-order valence-corrected chi connectivity index (χ0v) is 15.3. The highest BCUT2D eigenvalue weighted by Gasteiger charge is 2.30. The zero-order chi connectivity index (χ0) is 21.2. The van der Waals surface area contributed by atoms with Gasteiger partial charge in [0.05, 0.1) is 11.3 Å². The van der Waals surface area contributed by atoms with Crippen molar-refractivity contribution in [2.24, 2.45) is 0 Å². The van der Waals surface area contributed by atoms with Gasteiger partial charge in [-0.2, -0.15) is 13.2 Å². The summed E-state index contributed by atoms with van der Waals surface area (Å²) in [6.45, 7) is 2.19. The van der Waals surface area contributed by atoms with E-state index in [0.29, 0.717) is 23.4 Å². The van der Waals surface area contributed by atoms with Gasteiger partial charge < -0.3 is 15.0 Å². The lowest BCUT2D eigenvalue weighted by atomic mass is 9.98. The quantitative estimate of drug-likeness (QED) is 0.620. The fourth-order valence-electron chi connectivity index (χ4n) is 2.99. The second-order valence-corrected chi connectivity index (χ2v) is 6.28. The molecule has 29 heavy (non-hydrogen) atoms. The third-order valence-corrected chi connectivity index (χ3v) is 4.41. The lowest BCUT2D eigenvalue weighted by Gasteiger charge is -2.11. The summed E-state index contributed by atoms with van der Waals surface area (Å²) < 4.78 is 39.8. The number of carboxylic acids is 1. The van der Waals surface area contributed by atoms with Crippen LogP contribution in [0.4, 0.5) is 18.9 Å². The number of benzene rings is 2. The van der Waals surface area contributed by atoms with Gasteiger partial charge in [0.1, 0.15) is 5.69 Å². The summed E-state index contributed by atoms with van der Waals surface area (Å²) in [4.78, 5) is 24.0.